The summed E-state index contributed by atoms with van der Waals surface area (Å²) in [5.41, 5.74) is 1.15. The van der Waals surface area contributed by atoms with E-state index in [0.717, 1.165) is 11.3 Å². The smallest absolute Gasteiger partial charge is 0.232 e. The highest BCUT2D eigenvalue weighted by molar-refractivity contribution is 5.70. The Morgan fingerprint density at radius 2 is 2.16 bits per heavy atom. The van der Waals surface area contributed by atoms with Crippen molar-refractivity contribution in [1.82, 2.24) is 4.98 Å². The maximum absolute atomic E-state index is 8.87. The number of nitriles is 1. The van der Waals surface area contributed by atoms with E-state index in [1.54, 1.807) is 20.2 Å². The van der Waals surface area contributed by atoms with Crippen LogP contribution < -0.4 is 10.1 Å². The summed E-state index contributed by atoms with van der Waals surface area (Å²) in [6.45, 7) is 0. The second kappa shape index (κ2) is 5.74. The number of para-hydroxylation sites is 1. The molecule has 0 bridgehead atoms. The summed E-state index contributed by atoms with van der Waals surface area (Å²) in [6, 6.07) is 9.56. The maximum Gasteiger partial charge on any atom is 0.232 e. The first-order valence-corrected chi connectivity index (χ1v) is 5.68. The molecule has 19 heavy (non-hydrogen) atoms. The average Bonchev–Trinajstić information content (AvgIpc) is 2.87. The van der Waals surface area contributed by atoms with Crippen molar-refractivity contribution >= 4 is 18.0 Å². The topological polar surface area (TPSA) is 71.1 Å². The molecule has 0 aliphatic carbocycles. The Bertz CT molecular complexity index is 638. The van der Waals surface area contributed by atoms with Crippen molar-refractivity contribution in [3.63, 3.8) is 0 Å². The van der Waals surface area contributed by atoms with Crippen LogP contribution in [0.5, 0.6) is 5.75 Å². The van der Waals surface area contributed by atoms with Gasteiger partial charge in [0.25, 0.3) is 0 Å². The monoisotopic (exact) mass is 255 g/mol. The van der Waals surface area contributed by atoms with Gasteiger partial charge >= 0.3 is 0 Å². The summed E-state index contributed by atoms with van der Waals surface area (Å²) in [4.78, 5) is 4.05. The van der Waals surface area contributed by atoms with Crippen LogP contribution in [-0.2, 0) is 0 Å². The van der Waals surface area contributed by atoms with E-state index >= 15 is 0 Å². The van der Waals surface area contributed by atoms with Gasteiger partial charge in [-0.3, -0.25) is 0 Å². The number of nitrogens with one attached hydrogen (secondary N) is 1. The Morgan fingerprint density at radius 3 is 2.79 bits per heavy atom. The van der Waals surface area contributed by atoms with E-state index in [1.165, 1.54) is 0 Å². The fraction of sp³-hybridized carbons (Fsp3) is 0.143. The van der Waals surface area contributed by atoms with E-state index in [9.17, 15) is 0 Å². The molecule has 1 aromatic heterocycles. The van der Waals surface area contributed by atoms with Gasteiger partial charge in [0, 0.05) is 18.7 Å². The van der Waals surface area contributed by atoms with Gasteiger partial charge in [-0.2, -0.15) is 10.2 Å². The van der Waals surface area contributed by atoms with Crippen LogP contribution in [0.3, 0.4) is 0 Å². The largest absolute Gasteiger partial charge is 0.496 e. The normalized spacial score (nSPS) is 10.4. The minimum Gasteiger partial charge on any atom is -0.496 e. The van der Waals surface area contributed by atoms with Gasteiger partial charge in [0.15, 0.2) is 0 Å². The van der Waals surface area contributed by atoms with Gasteiger partial charge in [0.2, 0.25) is 17.5 Å². The van der Waals surface area contributed by atoms with E-state index in [4.69, 9.17) is 14.4 Å². The van der Waals surface area contributed by atoms with Crippen LogP contribution in [0.2, 0.25) is 0 Å². The van der Waals surface area contributed by atoms with Crippen molar-refractivity contribution in [3.05, 3.63) is 41.4 Å². The highest BCUT2D eigenvalue weighted by atomic mass is 16.5. The molecule has 2 rings (SSSR count). The summed E-state index contributed by atoms with van der Waals surface area (Å²) in [6.07, 6.45) is 3.52. The van der Waals surface area contributed by atoms with Crippen molar-refractivity contribution in [2.75, 3.05) is 19.5 Å². The zero-order chi connectivity index (χ0) is 13.7. The molecular weight excluding hydrogens is 242 g/mol. The predicted octanol–water partition coefficient (Wildman–Crippen LogP) is 2.77. The number of methoxy groups -OCH3 is 1. The first-order chi connectivity index (χ1) is 9.28. The first-order valence-electron chi connectivity index (χ1n) is 5.68. The third kappa shape index (κ3) is 2.75. The van der Waals surface area contributed by atoms with Crippen LogP contribution in [0.4, 0.5) is 5.88 Å². The molecule has 0 unspecified atom stereocenters. The molecule has 5 heteroatoms. The van der Waals surface area contributed by atoms with Crippen LogP contribution in [0.25, 0.3) is 12.2 Å². The summed E-state index contributed by atoms with van der Waals surface area (Å²) in [5.74, 6) is 1.49. The number of aromatic nitrogens is 1. The lowest BCUT2D eigenvalue weighted by Gasteiger charge is -2.02. The second-order valence-electron chi connectivity index (χ2n) is 3.67. The van der Waals surface area contributed by atoms with Crippen LogP contribution in [-0.4, -0.2) is 19.1 Å². The SMILES string of the molecule is CNc1oc(/C=C/c2ccccc2OC)nc1C#N. The molecule has 2 aromatic rings. The molecule has 1 aromatic carbocycles. The van der Waals surface area contributed by atoms with Gasteiger partial charge in [0.1, 0.15) is 11.8 Å². The fourth-order valence-electron chi connectivity index (χ4n) is 1.62. The highest BCUT2D eigenvalue weighted by Crippen LogP contribution is 2.21. The number of ether oxygens (including phenoxy) is 1. The lowest BCUT2D eigenvalue weighted by molar-refractivity contribution is 0.414. The number of anilines is 1. The first kappa shape index (κ1) is 12.7. The van der Waals surface area contributed by atoms with E-state index in [2.05, 4.69) is 10.3 Å². The molecular formula is C14H13N3O2. The Labute approximate surface area is 111 Å². The molecule has 0 atom stereocenters. The van der Waals surface area contributed by atoms with Crippen molar-refractivity contribution in [2.45, 2.75) is 0 Å². The molecule has 0 saturated heterocycles. The summed E-state index contributed by atoms with van der Waals surface area (Å²) >= 11 is 0. The summed E-state index contributed by atoms with van der Waals surface area (Å²) in [7, 11) is 3.29. The molecule has 0 radical (unpaired) electrons. The van der Waals surface area contributed by atoms with Gasteiger partial charge in [0.05, 0.1) is 7.11 Å². The number of nitrogens with zero attached hydrogens (tertiary/aromatic N) is 2. The Balaban J connectivity index is 2.28. The zero-order valence-corrected chi connectivity index (χ0v) is 10.7. The van der Waals surface area contributed by atoms with Crippen molar-refractivity contribution in [1.29, 1.82) is 5.26 Å². The summed E-state index contributed by atoms with van der Waals surface area (Å²) < 4.78 is 10.6. The molecule has 1 heterocycles. The van der Waals surface area contributed by atoms with Gasteiger partial charge in [-0.05, 0) is 12.1 Å². The third-order valence-corrected chi connectivity index (χ3v) is 2.52. The van der Waals surface area contributed by atoms with Crippen LogP contribution >= 0.6 is 0 Å². The standard InChI is InChI=1S/C14H13N3O2/c1-16-14-11(9-15)17-13(19-14)8-7-10-5-3-4-6-12(10)18-2/h3-8,16H,1-2H3/b8-7+. The molecule has 0 spiro atoms. The molecule has 0 aliphatic heterocycles. The predicted molar refractivity (Wildman–Crippen MR) is 72.7 cm³/mol. The van der Waals surface area contributed by atoms with Crippen LogP contribution in [0.15, 0.2) is 28.7 Å². The molecule has 5 nitrogen and oxygen atoms in total. The Kier molecular flexibility index (Phi) is 3.84. The minimum absolute atomic E-state index is 0.238. The van der Waals surface area contributed by atoms with E-state index in [0.29, 0.717) is 11.8 Å². The Hall–Kier alpha value is -2.74. The lowest BCUT2D eigenvalue weighted by Crippen LogP contribution is -1.87. The number of rotatable bonds is 4. The van der Waals surface area contributed by atoms with E-state index in [1.807, 2.05) is 36.4 Å². The van der Waals surface area contributed by atoms with E-state index in [-0.39, 0.29) is 5.69 Å². The number of benzene rings is 1. The van der Waals surface area contributed by atoms with Crippen molar-refractivity contribution in [3.8, 4) is 11.8 Å². The Morgan fingerprint density at radius 1 is 1.37 bits per heavy atom. The lowest BCUT2D eigenvalue weighted by atomic mass is 10.2. The molecule has 0 aliphatic rings. The second-order valence-corrected chi connectivity index (χ2v) is 3.67. The van der Waals surface area contributed by atoms with Gasteiger partial charge in [-0.1, -0.05) is 18.2 Å². The van der Waals surface area contributed by atoms with Crippen LogP contribution in [0, 0.1) is 11.3 Å². The van der Waals surface area contributed by atoms with Crippen molar-refractivity contribution in [2.24, 2.45) is 0 Å². The molecule has 1 N–H and O–H groups in total. The van der Waals surface area contributed by atoms with Gasteiger partial charge in [-0.15, -0.1) is 0 Å². The minimum atomic E-state index is 0.238. The molecule has 0 fully saturated rings. The summed E-state index contributed by atoms with van der Waals surface area (Å²) in [5, 5.41) is 11.7. The fourth-order valence-corrected chi connectivity index (χ4v) is 1.62. The maximum atomic E-state index is 8.87. The average molecular weight is 255 g/mol. The van der Waals surface area contributed by atoms with Gasteiger partial charge < -0.3 is 14.5 Å². The molecule has 0 saturated carbocycles. The van der Waals surface area contributed by atoms with E-state index < -0.39 is 0 Å². The number of oxazole rings is 1. The zero-order valence-electron chi connectivity index (χ0n) is 10.7. The molecule has 0 amide bonds. The highest BCUT2D eigenvalue weighted by Gasteiger charge is 2.09. The van der Waals surface area contributed by atoms with Crippen molar-refractivity contribution < 1.29 is 9.15 Å². The molecule has 96 valence electrons. The number of hydrogen-bond acceptors (Lipinski definition) is 5. The third-order valence-electron chi connectivity index (χ3n) is 2.52. The van der Waals surface area contributed by atoms with Gasteiger partial charge in [-0.25, -0.2) is 0 Å². The number of hydrogen-bond donors (Lipinski definition) is 1. The van der Waals surface area contributed by atoms with Crippen LogP contribution in [0.1, 0.15) is 17.1 Å². The quantitative estimate of drug-likeness (QED) is 0.909.